The van der Waals surface area contributed by atoms with Gasteiger partial charge in [-0.3, -0.25) is 4.79 Å². The second-order valence-electron chi connectivity index (χ2n) is 8.21. The van der Waals surface area contributed by atoms with Gasteiger partial charge in [0.1, 0.15) is 16.9 Å². The molecule has 2 aromatic heterocycles. The summed E-state index contributed by atoms with van der Waals surface area (Å²) in [6.07, 6.45) is 3.44. The SMILES string of the molecule is CCOc1cc(/C=N/n2c(N)c(C(=O)NCC3CCCO3)c3nc4ccccc4nc32)ccc1O. The fraction of sp³-hybridized carbons (Fsp3) is 0.280. The van der Waals surface area contributed by atoms with Crippen molar-refractivity contribution >= 4 is 40.1 Å². The number of carbonyl (C=O) groups is 1. The number of para-hydroxylation sites is 2. The van der Waals surface area contributed by atoms with E-state index in [0.29, 0.717) is 53.3 Å². The maximum Gasteiger partial charge on any atom is 0.257 e. The monoisotopic (exact) mass is 474 g/mol. The second-order valence-corrected chi connectivity index (χ2v) is 8.21. The molecule has 2 aromatic carbocycles. The van der Waals surface area contributed by atoms with Crippen molar-refractivity contribution in [3.05, 3.63) is 53.6 Å². The normalized spacial score (nSPS) is 15.9. The van der Waals surface area contributed by atoms with Crippen molar-refractivity contribution in [3.63, 3.8) is 0 Å². The Labute approximate surface area is 201 Å². The number of hydrogen-bond acceptors (Lipinski definition) is 8. The van der Waals surface area contributed by atoms with Gasteiger partial charge in [0.05, 0.1) is 30.0 Å². The molecule has 1 aliphatic rings. The fourth-order valence-electron chi connectivity index (χ4n) is 4.09. The van der Waals surface area contributed by atoms with Crippen LogP contribution < -0.4 is 15.8 Å². The molecule has 4 aromatic rings. The van der Waals surface area contributed by atoms with Gasteiger partial charge in [-0.2, -0.15) is 9.78 Å². The number of nitrogens with zero attached hydrogens (tertiary/aromatic N) is 4. The van der Waals surface area contributed by atoms with Crippen LogP contribution in [0.5, 0.6) is 11.5 Å². The number of amides is 1. The van der Waals surface area contributed by atoms with E-state index in [1.54, 1.807) is 18.3 Å². The minimum atomic E-state index is -0.357. The average Bonchev–Trinajstić information content (AvgIpc) is 3.47. The van der Waals surface area contributed by atoms with Crippen LogP contribution in [0.4, 0.5) is 5.82 Å². The lowest BCUT2D eigenvalue weighted by atomic mass is 10.2. The Morgan fingerprint density at radius 2 is 2.11 bits per heavy atom. The number of phenolic OH excluding ortho intramolecular Hbond substituents is 1. The molecule has 0 aliphatic carbocycles. The minimum absolute atomic E-state index is 0.00695. The van der Waals surface area contributed by atoms with E-state index in [1.165, 1.54) is 10.7 Å². The van der Waals surface area contributed by atoms with Crippen molar-refractivity contribution in [2.45, 2.75) is 25.9 Å². The molecule has 0 radical (unpaired) electrons. The van der Waals surface area contributed by atoms with Gasteiger partial charge in [-0.15, -0.1) is 0 Å². The number of carbonyl (C=O) groups excluding carboxylic acids is 1. The van der Waals surface area contributed by atoms with E-state index in [-0.39, 0.29) is 29.1 Å². The van der Waals surface area contributed by atoms with Crippen molar-refractivity contribution < 1.29 is 19.4 Å². The Morgan fingerprint density at radius 3 is 2.86 bits per heavy atom. The van der Waals surface area contributed by atoms with Gasteiger partial charge in [-0.05, 0) is 55.7 Å². The maximum atomic E-state index is 13.2. The lowest BCUT2D eigenvalue weighted by molar-refractivity contribution is 0.0859. The number of aromatic hydroxyl groups is 1. The molecular weight excluding hydrogens is 448 g/mol. The lowest BCUT2D eigenvalue weighted by Crippen LogP contribution is -2.32. The predicted molar refractivity (Wildman–Crippen MR) is 133 cm³/mol. The Balaban J connectivity index is 1.56. The van der Waals surface area contributed by atoms with Gasteiger partial charge in [0.2, 0.25) is 0 Å². The van der Waals surface area contributed by atoms with Crippen molar-refractivity contribution in [2.75, 3.05) is 25.5 Å². The van der Waals surface area contributed by atoms with Crippen LogP contribution in [0.2, 0.25) is 0 Å². The fourth-order valence-corrected chi connectivity index (χ4v) is 4.09. The van der Waals surface area contributed by atoms with Gasteiger partial charge in [0.25, 0.3) is 5.91 Å². The number of phenols is 1. The van der Waals surface area contributed by atoms with E-state index in [0.717, 1.165) is 12.8 Å². The number of ether oxygens (including phenoxy) is 2. The standard InChI is InChI=1S/C25H26N6O4/c1-2-34-20-12-15(9-10-19(20)32)13-28-31-23(26)21(25(33)27-14-16-6-5-11-35-16)22-24(31)30-18-8-4-3-7-17(18)29-22/h3-4,7-10,12-13,16,32H,2,5-6,11,14,26H2,1H3,(H,27,33)/b28-13+. The Kier molecular flexibility index (Phi) is 6.19. The first kappa shape index (κ1) is 22.6. The average molecular weight is 475 g/mol. The van der Waals surface area contributed by atoms with Crippen LogP contribution >= 0.6 is 0 Å². The number of benzene rings is 2. The molecule has 3 heterocycles. The summed E-state index contributed by atoms with van der Waals surface area (Å²) in [5, 5.41) is 17.4. The van der Waals surface area contributed by atoms with Crippen LogP contribution in [0.15, 0.2) is 47.6 Å². The quantitative estimate of drug-likeness (QED) is 0.350. The zero-order valence-electron chi connectivity index (χ0n) is 19.3. The molecule has 180 valence electrons. The highest BCUT2D eigenvalue weighted by atomic mass is 16.5. The molecule has 0 saturated carbocycles. The molecule has 1 saturated heterocycles. The Morgan fingerprint density at radius 1 is 1.31 bits per heavy atom. The molecule has 1 amide bonds. The number of nitrogen functional groups attached to an aromatic ring is 1. The van der Waals surface area contributed by atoms with Crippen molar-refractivity contribution in [1.29, 1.82) is 0 Å². The molecule has 10 heteroatoms. The van der Waals surface area contributed by atoms with E-state index in [9.17, 15) is 9.90 Å². The molecule has 5 rings (SSSR count). The third-order valence-electron chi connectivity index (χ3n) is 5.82. The second kappa shape index (κ2) is 9.59. The smallest absolute Gasteiger partial charge is 0.257 e. The molecule has 1 fully saturated rings. The summed E-state index contributed by atoms with van der Waals surface area (Å²) < 4.78 is 12.5. The summed E-state index contributed by atoms with van der Waals surface area (Å²) in [7, 11) is 0. The van der Waals surface area contributed by atoms with Gasteiger partial charge in [0, 0.05) is 13.2 Å². The number of nitrogens with two attached hydrogens (primary N) is 1. The molecule has 1 atom stereocenters. The first-order valence-corrected chi connectivity index (χ1v) is 11.5. The van der Waals surface area contributed by atoms with Crippen LogP contribution in [0.25, 0.3) is 22.2 Å². The number of fused-ring (bicyclic) bond motifs is 2. The maximum absolute atomic E-state index is 13.2. The zero-order chi connectivity index (χ0) is 24.4. The third kappa shape index (κ3) is 4.47. The van der Waals surface area contributed by atoms with E-state index in [4.69, 9.17) is 15.2 Å². The number of rotatable bonds is 7. The number of nitrogens with one attached hydrogen (secondary N) is 1. The topological polar surface area (TPSA) is 137 Å². The van der Waals surface area contributed by atoms with Crippen LogP contribution in [0.3, 0.4) is 0 Å². The minimum Gasteiger partial charge on any atom is -0.504 e. The van der Waals surface area contributed by atoms with E-state index in [2.05, 4.69) is 20.4 Å². The molecule has 0 spiro atoms. The summed E-state index contributed by atoms with van der Waals surface area (Å²) in [5.74, 6) is 0.157. The highest BCUT2D eigenvalue weighted by molar-refractivity contribution is 6.10. The summed E-state index contributed by atoms with van der Waals surface area (Å²) in [5.41, 5.74) is 9.36. The summed E-state index contributed by atoms with van der Waals surface area (Å²) >= 11 is 0. The zero-order valence-corrected chi connectivity index (χ0v) is 19.3. The molecule has 0 bridgehead atoms. The number of anilines is 1. The predicted octanol–water partition coefficient (Wildman–Crippen LogP) is 3.06. The first-order chi connectivity index (χ1) is 17.0. The van der Waals surface area contributed by atoms with Crippen LogP contribution in [-0.4, -0.2) is 57.7 Å². The molecule has 4 N–H and O–H groups in total. The van der Waals surface area contributed by atoms with Crippen molar-refractivity contribution in [2.24, 2.45) is 5.10 Å². The highest BCUT2D eigenvalue weighted by Gasteiger charge is 2.25. The van der Waals surface area contributed by atoms with Crippen molar-refractivity contribution in [1.82, 2.24) is 20.0 Å². The van der Waals surface area contributed by atoms with Gasteiger partial charge in [-0.1, -0.05) is 12.1 Å². The molecular formula is C25H26N6O4. The van der Waals surface area contributed by atoms with Gasteiger partial charge in [-0.25, -0.2) is 9.97 Å². The van der Waals surface area contributed by atoms with Gasteiger partial charge in [0.15, 0.2) is 17.1 Å². The number of aromatic nitrogens is 3. The molecule has 10 nitrogen and oxygen atoms in total. The van der Waals surface area contributed by atoms with Crippen LogP contribution in [0.1, 0.15) is 35.7 Å². The van der Waals surface area contributed by atoms with Crippen molar-refractivity contribution in [3.8, 4) is 11.5 Å². The Bertz CT molecular complexity index is 1420. The lowest BCUT2D eigenvalue weighted by Gasteiger charge is -2.10. The first-order valence-electron chi connectivity index (χ1n) is 11.5. The van der Waals surface area contributed by atoms with Crippen LogP contribution in [0, 0.1) is 0 Å². The van der Waals surface area contributed by atoms with Gasteiger partial charge < -0.3 is 25.6 Å². The Hall–Kier alpha value is -4.18. The van der Waals surface area contributed by atoms with E-state index in [1.807, 2.05) is 31.2 Å². The molecule has 1 unspecified atom stereocenters. The molecule has 1 aliphatic heterocycles. The third-order valence-corrected chi connectivity index (χ3v) is 5.82. The van der Waals surface area contributed by atoms with E-state index >= 15 is 0 Å². The molecule has 35 heavy (non-hydrogen) atoms. The number of hydrogen-bond donors (Lipinski definition) is 3. The summed E-state index contributed by atoms with van der Waals surface area (Å²) in [6.45, 7) is 3.34. The highest BCUT2D eigenvalue weighted by Crippen LogP contribution is 2.29. The van der Waals surface area contributed by atoms with Gasteiger partial charge >= 0.3 is 0 Å². The van der Waals surface area contributed by atoms with Crippen LogP contribution in [-0.2, 0) is 4.74 Å². The van der Waals surface area contributed by atoms with E-state index < -0.39 is 0 Å². The summed E-state index contributed by atoms with van der Waals surface area (Å²) in [6, 6.07) is 12.3. The summed E-state index contributed by atoms with van der Waals surface area (Å²) in [4.78, 5) is 22.6. The largest absolute Gasteiger partial charge is 0.504 e.